The van der Waals surface area contributed by atoms with E-state index in [1.807, 2.05) is 0 Å². The van der Waals surface area contributed by atoms with Gasteiger partial charge in [0.1, 0.15) is 0 Å². The summed E-state index contributed by atoms with van der Waals surface area (Å²) in [6.07, 6.45) is 0. The normalized spacial score (nSPS) is 11.3. The molecule has 46 heavy (non-hydrogen) atoms. The average molecular weight is 689 g/mol. The Morgan fingerprint density at radius 1 is 0.630 bits per heavy atom. The molecule has 0 fully saturated rings. The number of nitrogens with zero attached hydrogens (tertiary/aromatic N) is 4. The van der Waals surface area contributed by atoms with Crippen molar-refractivity contribution in [2.45, 2.75) is 9.79 Å². The van der Waals surface area contributed by atoms with E-state index in [-0.39, 0.29) is 34.3 Å². The van der Waals surface area contributed by atoms with E-state index in [0.717, 1.165) is 48.5 Å². The molecule has 0 radical (unpaired) electrons. The second-order valence-corrected chi connectivity index (χ2v) is 13.0. The van der Waals surface area contributed by atoms with E-state index in [0.29, 0.717) is 8.61 Å². The molecule has 0 bridgehead atoms. The maximum atomic E-state index is 14.4. The number of ether oxygens (including phenoxy) is 3. The predicted octanol–water partition coefficient (Wildman–Crippen LogP) is 4.90. The Hall–Kier alpha value is -5.33. The fourth-order valence-corrected chi connectivity index (χ4v) is 7.81. The van der Waals surface area contributed by atoms with Crippen LogP contribution in [0, 0.1) is 20.2 Å². The topological polar surface area (TPSA) is 189 Å². The molecule has 4 aromatic rings. The molecular weight excluding hydrogens is 665 g/mol. The number of non-ortho nitro benzene ring substituents is 2. The molecule has 0 heterocycles. The fourth-order valence-electron chi connectivity index (χ4n) is 4.22. The third-order valence-corrected chi connectivity index (χ3v) is 10.5. The van der Waals surface area contributed by atoms with Crippen LogP contribution in [0.1, 0.15) is 0 Å². The first-order chi connectivity index (χ1) is 21.8. The molecule has 0 aliphatic carbocycles. The second-order valence-electron chi connectivity index (χ2n) is 9.04. The SMILES string of the molecule is COc1cc(N(C(=S)N(c2ccccc2)S(=O)(=O)c2ccc([N+](=O)[O-])cc2)S(=O)(=O)c2ccc([N+](=O)[O-])cc2)cc(OC)c1OC. The van der Waals surface area contributed by atoms with Crippen molar-refractivity contribution < 1.29 is 40.9 Å². The van der Waals surface area contributed by atoms with E-state index in [9.17, 15) is 37.1 Å². The monoisotopic (exact) mass is 688 g/mol. The van der Waals surface area contributed by atoms with E-state index in [2.05, 4.69) is 0 Å². The Bertz CT molecular complexity index is 1980. The zero-order chi connectivity index (χ0) is 33.8. The molecule has 0 amide bonds. The van der Waals surface area contributed by atoms with Crippen LogP contribution < -0.4 is 22.8 Å². The molecule has 0 saturated carbocycles. The largest absolute Gasteiger partial charge is 0.493 e. The van der Waals surface area contributed by atoms with Gasteiger partial charge in [-0.05, 0) is 48.6 Å². The molecule has 240 valence electrons. The molecule has 0 spiro atoms. The maximum absolute atomic E-state index is 14.4. The van der Waals surface area contributed by atoms with E-state index in [1.54, 1.807) is 6.07 Å². The van der Waals surface area contributed by atoms with Crippen LogP contribution in [0.15, 0.2) is 101 Å². The Morgan fingerprint density at radius 3 is 1.37 bits per heavy atom. The zero-order valence-corrected chi connectivity index (χ0v) is 26.6. The minimum Gasteiger partial charge on any atom is -0.493 e. The van der Waals surface area contributed by atoms with Gasteiger partial charge in [-0.3, -0.25) is 20.2 Å². The van der Waals surface area contributed by atoms with E-state index in [4.69, 9.17) is 26.4 Å². The van der Waals surface area contributed by atoms with Crippen LogP contribution in [0.4, 0.5) is 22.7 Å². The number of thiocarbonyl (C=S) groups is 1. The van der Waals surface area contributed by atoms with Gasteiger partial charge in [-0.15, -0.1) is 0 Å². The summed E-state index contributed by atoms with van der Waals surface area (Å²) in [7, 11) is -5.74. The lowest BCUT2D eigenvalue weighted by Crippen LogP contribution is -2.49. The van der Waals surface area contributed by atoms with Crippen molar-refractivity contribution in [2.75, 3.05) is 29.9 Å². The van der Waals surface area contributed by atoms with Crippen molar-refractivity contribution in [3.8, 4) is 17.2 Å². The number of rotatable bonds is 11. The fraction of sp³-hybridized carbons (Fsp3) is 0.107. The Balaban J connectivity index is 2.03. The number of nitro groups is 2. The summed E-state index contributed by atoms with van der Waals surface area (Å²) in [6.45, 7) is 0. The van der Waals surface area contributed by atoms with Gasteiger partial charge in [-0.25, -0.2) is 25.4 Å². The number of sulfonamides is 2. The Kier molecular flexibility index (Phi) is 9.74. The summed E-state index contributed by atoms with van der Waals surface area (Å²) < 4.78 is 74.5. The summed E-state index contributed by atoms with van der Waals surface area (Å²) in [5.74, 6) is 0.0758. The first-order valence-corrected chi connectivity index (χ1v) is 16.0. The number of anilines is 2. The number of methoxy groups -OCH3 is 3. The Labute approximate surface area is 268 Å². The van der Waals surface area contributed by atoms with Gasteiger partial charge < -0.3 is 14.2 Å². The van der Waals surface area contributed by atoms with E-state index in [1.165, 1.54) is 57.7 Å². The molecule has 0 atom stereocenters. The molecule has 4 rings (SSSR count). The van der Waals surface area contributed by atoms with E-state index >= 15 is 0 Å². The Morgan fingerprint density at radius 2 is 1.02 bits per heavy atom. The lowest BCUT2D eigenvalue weighted by atomic mass is 10.2. The van der Waals surface area contributed by atoms with Crippen LogP contribution in [0.2, 0.25) is 0 Å². The van der Waals surface area contributed by atoms with Crippen molar-refractivity contribution >= 4 is 60.1 Å². The zero-order valence-electron chi connectivity index (χ0n) is 24.2. The molecule has 0 aromatic heterocycles. The predicted molar refractivity (Wildman–Crippen MR) is 171 cm³/mol. The number of hydrogen-bond acceptors (Lipinski definition) is 12. The summed E-state index contributed by atoms with van der Waals surface area (Å²) in [5, 5.41) is 21.7. The number of hydrogen-bond donors (Lipinski definition) is 0. The van der Waals surface area contributed by atoms with Crippen molar-refractivity contribution in [1.29, 1.82) is 0 Å². The van der Waals surface area contributed by atoms with Crippen LogP contribution in [0.25, 0.3) is 0 Å². The van der Waals surface area contributed by atoms with Crippen LogP contribution in [-0.4, -0.2) is 53.1 Å². The van der Waals surface area contributed by atoms with Gasteiger partial charge in [-0.1, -0.05) is 18.2 Å². The first-order valence-electron chi connectivity index (χ1n) is 12.8. The third kappa shape index (κ3) is 6.39. The van der Waals surface area contributed by atoms with Crippen molar-refractivity contribution in [2.24, 2.45) is 0 Å². The van der Waals surface area contributed by atoms with Gasteiger partial charge in [0.15, 0.2) is 11.5 Å². The molecule has 15 nitrogen and oxygen atoms in total. The smallest absolute Gasteiger partial charge is 0.270 e. The van der Waals surface area contributed by atoms with Crippen LogP contribution in [0.3, 0.4) is 0 Å². The molecule has 0 N–H and O–H groups in total. The lowest BCUT2D eigenvalue weighted by molar-refractivity contribution is -0.385. The van der Waals surface area contributed by atoms with Gasteiger partial charge >= 0.3 is 0 Å². The molecule has 0 aliphatic heterocycles. The van der Waals surface area contributed by atoms with E-state index < -0.39 is 50.5 Å². The number of benzene rings is 4. The minimum absolute atomic E-state index is 0.00645. The molecule has 0 saturated heterocycles. The lowest BCUT2D eigenvalue weighted by Gasteiger charge is -2.33. The number of para-hydroxylation sites is 1. The molecular formula is C28H24N4O11S3. The first kappa shape index (κ1) is 33.6. The standard InChI is InChI=1S/C28H24N4O11S3/c1-41-25-17-22(18-26(42-2)27(25)43-3)30(46(39,40)24-15-11-21(12-16-24)32(35)36)28(44)29(19-7-5-4-6-8-19)45(37,38)23-13-9-20(10-14-23)31(33)34/h4-18H,1-3H3. The van der Waals surface area contributed by atoms with Gasteiger partial charge in [0.2, 0.25) is 10.9 Å². The molecule has 18 heteroatoms. The number of nitro benzene ring substituents is 2. The molecule has 4 aromatic carbocycles. The summed E-state index contributed by atoms with van der Waals surface area (Å²) in [4.78, 5) is 20.1. The van der Waals surface area contributed by atoms with Crippen LogP contribution >= 0.6 is 12.2 Å². The summed E-state index contributed by atoms with van der Waals surface area (Å²) in [6, 6.07) is 17.5. The quantitative estimate of drug-likeness (QED) is 0.118. The second kappa shape index (κ2) is 13.3. The average Bonchev–Trinajstić information content (AvgIpc) is 3.04. The van der Waals surface area contributed by atoms with Crippen LogP contribution in [-0.2, 0) is 20.0 Å². The summed E-state index contributed by atoms with van der Waals surface area (Å²) in [5.41, 5.74) is -1.11. The van der Waals surface area contributed by atoms with Gasteiger partial charge in [0, 0.05) is 36.4 Å². The minimum atomic E-state index is -4.86. The van der Waals surface area contributed by atoms with Gasteiger partial charge in [0.25, 0.3) is 31.4 Å². The van der Waals surface area contributed by atoms with Gasteiger partial charge in [0.05, 0.1) is 52.3 Å². The molecule has 0 unspecified atom stereocenters. The van der Waals surface area contributed by atoms with Crippen molar-refractivity contribution in [1.82, 2.24) is 0 Å². The third-order valence-electron chi connectivity index (χ3n) is 6.39. The molecule has 0 aliphatic rings. The highest BCUT2D eigenvalue weighted by molar-refractivity contribution is 7.98. The highest BCUT2D eigenvalue weighted by Gasteiger charge is 2.39. The highest BCUT2D eigenvalue weighted by atomic mass is 32.2. The van der Waals surface area contributed by atoms with Gasteiger partial charge in [-0.2, -0.15) is 0 Å². The summed E-state index contributed by atoms with van der Waals surface area (Å²) >= 11 is 5.68. The highest BCUT2D eigenvalue weighted by Crippen LogP contribution is 2.43. The van der Waals surface area contributed by atoms with Crippen LogP contribution in [0.5, 0.6) is 17.2 Å². The van der Waals surface area contributed by atoms with Crippen molar-refractivity contribution in [3.63, 3.8) is 0 Å². The van der Waals surface area contributed by atoms with Crippen molar-refractivity contribution in [3.05, 3.63) is 111 Å². The maximum Gasteiger partial charge on any atom is 0.270 e.